The second-order valence-corrected chi connectivity index (χ2v) is 6.83. The minimum atomic E-state index is 0.0471. The Labute approximate surface area is 151 Å². The molecular weight excluding hydrogens is 334 g/mol. The SMILES string of the molecule is Cc1nnc(SCC(=O)N(c2ccccc2)C(C)C)n1-n1cccc1. The topological polar surface area (TPSA) is 56.0 Å². The summed E-state index contributed by atoms with van der Waals surface area (Å²) >= 11 is 1.39. The molecule has 2 aromatic heterocycles. The lowest BCUT2D eigenvalue weighted by Gasteiger charge is -2.26. The molecule has 0 aliphatic heterocycles. The van der Waals surface area contributed by atoms with Crippen LogP contribution in [0.15, 0.2) is 60.0 Å². The fourth-order valence-corrected chi connectivity index (χ4v) is 3.51. The van der Waals surface area contributed by atoms with Crippen molar-refractivity contribution in [3.63, 3.8) is 0 Å². The highest BCUT2D eigenvalue weighted by Gasteiger charge is 2.20. The van der Waals surface area contributed by atoms with Gasteiger partial charge in [-0.25, -0.2) is 4.68 Å². The van der Waals surface area contributed by atoms with Gasteiger partial charge in [-0.3, -0.25) is 9.47 Å². The molecule has 0 bridgehead atoms. The summed E-state index contributed by atoms with van der Waals surface area (Å²) in [4.78, 5) is 14.6. The highest BCUT2D eigenvalue weighted by Crippen LogP contribution is 2.22. The van der Waals surface area contributed by atoms with Crippen LogP contribution in [-0.2, 0) is 4.79 Å². The molecule has 0 unspecified atom stereocenters. The van der Waals surface area contributed by atoms with Gasteiger partial charge >= 0.3 is 0 Å². The van der Waals surface area contributed by atoms with Crippen molar-refractivity contribution in [1.29, 1.82) is 0 Å². The lowest BCUT2D eigenvalue weighted by atomic mass is 10.2. The number of para-hydroxylation sites is 1. The molecule has 130 valence electrons. The first-order valence-corrected chi connectivity index (χ1v) is 9.12. The van der Waals surface area contributed by atoms with Gasteiger partial charge < -0.3 is 4.90 Å². The summed E-state index contributed by atoms with van der Waals surface area (Å²) < 4.78 is 3.79. The van der Waals surface area contributed by atoms with Crippen molar-refractivity contribution in [2.45, 2.75) is 32.0 Å². The van der Waals surface area contributed by atoms with Gasteiger partial charge in [-0.15, -0.1) is 10.2 Å². The van der Waals surface area contributed by atoms with E-state index in [1.165, 1.54) is 11.8 Å². The molecule has 2 heterocycles. The Bertz CT molecular complexity index is 827. The Hall–Kier alpha value is -2.54. The Kier molecular flexibility index (Phi) is 5.23. The van der Waals surface area contributed by atoms with Crippen LogP contribution in [0.3, 0.4) is 0 Å². The number of aryl methyl sites for hydroxylation is 1. The summed E-state index contributed by atoms with van der Waals surface area (Å²) in [5.41, 5.74) is 0.908. The van der Waals surface area contributed by atoms with E-state index in [2.05, 4.69) is 10.2 Å². The fourth-order valence-electron chi connectivity index (χ4n) is 2.67. The van der Waals surface area contributed by atoms with E-state index in [0.717, 1.165) is 11.5 Å². The number of amides is 1. The van der Waals surface area contributed by atoms with Crippen LogP contribution < -0.4 is 4.90 Å². The first-order valence-electron chi connectivity index (χ1n) is 8.13. The number of hydrogen-bond donors (Lipinski definition) is 0. The maximum absolute atomic E-state index is 12.8. The second-order valence-electron chi connectivity index (χ2n) is 5.89. The summed E-state index contributed by atoms with van der Waals surface area (Å²) in [5.74, 6) is 1.12. The van der Waals surface area contributed by atoms with Crippen LogP contribution in [0.1, 0.15) is 19.7 Å². The van der Waals surface area contributed by atoms with Gasteiger partial charge in [0.1, 0.15) is 0 Å². The lowest BCUT2D eigenvalue weighted by Crippen LogP contribution is -2.38. The van der Waals surface area contributed by atoms with Gasteiger partial charge in [-0.1, -0.05) is 30.0 Å². The number of nitrogens with zero attached hydrogens (tertiary/aromatic N) is 5. The normalized spacial score (nSPS) is 11.0. The van der Waals surface area contributed by atoms with Gasteiger partial charge in [-0.2, -0.15) is 0 Å². The fraction of sp³-hybridized carbons (Fsp3) is 0.278. The molecule has 1 amide bonds. The lowest BCUT2D eigenvalue weighted by molar-refractivity contribution is -0.116. The Morgan fingerprint density at radius 2 is 1.80 bits per heavy atom. The molecular formula is C18H21N5OS. The van der Waals surface area contributed by atoms with Crippen molar-refractivity contribution >= 4 is 23.4 Å². The molecule has 6 nitrogen and oxygen atoms in total. The van der Waals surface area contributed by atoms with E-state index in [-0.39, 0.29) is 11.9 Å². The quantitative estimate of drug-likeness (QED) is 0.637. The average molecular weight is 355 g/mol. The third-order valence-electron chi connectivity index (χ3n) is 3.73. The van der Waals surface area contributed by atoms with E-state index in [1.807, 2.05) is 89.9 Å². The minimum absolute atomic E-state index is 0.0471. The van der Waals surface area contributed by atoms with E-state index in [1.54, 1.807) is 0 Å². The van der Waals surface area contributed by atoms with Crippen molar-refractivity contribution in [2.24, 2.45) is 0 Å². The largest absolute Gasteiger partial charge is 0.309 e. The number of aromatic nitrogens is 4. The standard InChI is InChI=1S/C18H21N5OS/c1-14(2)22(16-9-5-4-6-10-16)17(24)13-25-18-20-19-15(3)23(18)21-11-7-8-12-21/h4-12,14H,13H2,1-3H3. The van der Waals surface area contributed by atoms with Crippen LogP contribution >= 0.6 is 11.8 Å². The number of thioether (sulfide) groups is 1. The number of anilines is 1. The molecule has 3 rings (SSSR count). The van der Waals surface area contributed by atoms with E-state index < -0.39 is 0 Å². The van der Waals surface area contributed by atoms with Crippen molar-refractivity contribution in [2.75, 3.05) is 10.7 Å². The monoisotopic (exact) mass is 355 g/mol. The van der Waals surface area contributed by atoms with E-state index >= 15 is 0 Å². The number of benzene rings is 1. The van der Waals surface area contributed by atoms with Crippen molar-refractivity contribution < 1.29 is 4.79 Å². The van der Waals surface area contributed by atoms with Crippen LogP contribution in [0.2, 0.25) is 0 Å². The Morgan fingerprint density at radius 3 is 2.44 bits per heavy atom. The number of hydrogen-bond acceptors (Lipinski definition) is 4. The Balaban J connectivity index is 1.76. The molecule has 7 heteroatoms. The maximum atomic E-state index is 12.8. The summed E-state index contributed by atoms with van der Waals surface area (Å²) in [6, 6.07) is 13.7. The van der Waals surface area contributed by atoms with Crippen LogP contribution in [-0.4, -0.2) is 37.3 Å². The van der Waals surface area contributed by atoms with E-state index in [9.17, 15) is 4.79 Å². The molecule has 0 spiro atoms. The highest BCUT2D eigenvalue weighted by atomic mass is 32.2. The predicted octanol–water partition coefficient (Wildman–Crippen LogP) is 3.23. The molecule has 0 atom stereocenters. The first-order chi connectivity index (χ1) is 12.1. The third kappa shape index (κ3) is 3.76. The molecule has 0 N–H and O–H groups in total. The van der Waals surface area contributed by atoms with Gasteiger partial charge in [-0.05, 0) is 45.0 Å². The zero-order valence-electron chi connectivity index (χ0n) is 14.5. The molecule has 3 aromatic rings. The van der Waals surface area contributed by atoms with Gasteiger partial charge in [0.2, 0.25) is 11.1 Å². The molecule has 0 saturated carbocycles. The van der Waals surface area contributed by atoms with E-state index in [4.69, 9.17) is 0 Å². The van der Waals surface area contributed by atoms with Gasteiger partial charge in [0.25, 0.3) is 0 Å². The number of carbonyl (C=O) groups is 1. The maximum Gasteiger partial charge on any atom is 0.237 e. The molecule has 0 saturated heterocycles. The van der Waals surface area contributed by atoms with Gasteiger partial charge in [0, 0.05) is 24.1 Å². The summed E-state index contributed by atoms with van der Waals surface area (Å²) in [6.45, 7) is 5.92. The molecule has 0 fully saturated rings. The first kappa shape index (κ1) is 17.3. The molecule has 0 aliphatic carbocycles. The third-order valence-corrected chi connectivity index (χ3v) is 4.64. The molecule has 0 aliphatic rings. The summed E-state index contributed by atoms with van der Waals surface area (Å²) in [6.07, 6.45) is 3.85. The zero-order chi connectivity index (χ0) is 17.8. The second kappa shape index (κ2) is 7.57. The van der Waals surface area contributed by atoms with Crippen LogP contribution in [0, 0.1) is 6.92 Å². The van der Waals surface area contributed by atoms with Crippen LogP contribution in [0.5, 0.6) is 0 Å². The number of carbonyl (C=O) groups excluding carboxylic acids is 1. The smallest absolute Gasteiger partial charge is 0.237 e. The average Bonchev–Trinajstić information content (AvgIpc) is 3.23. The van der Waals surface area contributed by atoms with Crippen molar-refractivity contribution in [3.8, 4) is 0 Å². The zero-order valence-corrected chi connectivity index (χ0v) is 15.3. The van der Waals surface area contributed by atoms with E-state index in [0.29, 0.717) is 10.9 Å². The summed E-state index contributed by atoms with van der Waals surface area (Å²) in [5, 5.41) is 9.03. The van der Waals surface area contributed by atoms with Crippen molar-refractivity contribution in [1.82, 2.24) is 19.5 Å². The minimum Gasteiger partial charge on any atom is -0.309 e. The number of rotatable bonds is 6. The van der Waals surface area contributed by atoms with Crippen molar-refractivity contribution in [3.05, 3.63) is 60.7 Å². The molecule has 25 heavy (non-hydrogen) atoms. The van der Waals surface area contributed by atoms with Crippen LogP contribution in [0.4, 0.5) is 5.69 Å². The van der Waals surface area contributed by atoms with Gasteiger partial charge in [0.15, 0.2) is 5.82 Å². The molecule has 0 radical (unpaired) electrons. The Morgan fingerprint density at radius 1 is 1.12 bits per heavy atom. The summed E-state index contributed by atoms with van der Waals surface area (Å²) in [7, 11) is 0. The van der Waals surface area contributed by atoms with Crippen LogP contribution in [0.25, 0.3) is 0 Å². The predicted molar refractivity (Wildman–Crippen MR) is 99.8 cm³/mol. The molecule has 1 aromatic carbocycles. The highest BCUT2D eigenvalue weighted by molar-refractivity contribution is 7.99. The van der Waals surface area contributed by atoms with Gasteiger partial charge in [0.05, 0.1) is 5.75 Å².